The van der Waals surface area contributed by atoms with Crippen LogP contribution in [0, 0.1) is 5.92 Å². The second kappa shape index (κ2) is 6.74. The van der Waals surface area contributed by atoms with Gasteiger partial charge in [-0.25, -0.2) is 4.98 Å². The van der Waals surface area contributed by atoms with Gasteiger partial charge in [-0.3, -0.25) is 9.69 Å². The van der Waals surface area contributed by atoms with E-state index in [1.165, 1.54) is 0 Å². The maximum atomic E-state index is 11.9. The maximum Gasteiger partial charge on any atom is 0.227 e. The van der Waals surface area contributed by atoms with Crippen LogP contribution in [0.15, 0.2) is 22.8 Å². The normalized spacial score (nSPS) is 10.6. The maximum absolute atomic E-state index is 11.9. The largest absolute Gasteiger partial charge is 0.300 e. The number of aromatic nitrogens is 1. The van der Waals surface area contributed by atoms with Crippen molar-refractivity contribution in [1.82, 2.24) is 4.98 Å². The first-order chi connectivity index (χ1) is 8.00. The first-order valence-corrected chi connectivity index (χ1v) is 6.68. The molecule has 1 aromatic heterocycles. The number of nitrogens with zero attached hydrogens (tertiary/aromatic N) is 2. The van der Waals surface area contributed by atoms with E-state index in [0.29, 0.717) is 18.2 Å². The van der Waals surface area contributed by atoms with Gasteiger partial charge in [0.15, 0.2) is 0 Å². The van der Waals surface area contributed by atoms with Crippen molar-refractivity contribution in [1.29, 1.82) is 0 Å². The van der Waals surface area contributed by atoms with Crippen molar-refractivity contribution in [3.05, 3.63) is 22.8 Å². The summed E-state index contributed by atoms with van der Waals surface area (Å²) in [6.07, 6.45) is 4.31. The highest BCUT2D eigenvalue weighted by atomic mass is 79.9. The lowest BCUT2D eigenvalue weighted by molar-refractivity contribution is -0.118. The highest BCUT2D eigenvalue weighted by Gasteiger charge is 2.12. The zero-order chi connectivity index (χ0) is 12.8. The van der Waals surface area contributed by atoms with Crippen LogP contribution in [0.5, 0.6) is 0 Å². The van der Waals surface area contributed by atoms with Crippen molar-refractivity contribution in [2.75, 3.05) is 11.9 Å². The molecule has 1 aromatic rings. The highest BCUT2D eigenvalue weighted by molar-refractivity contribution is 9.10. The molecule has 94 valence electrons. The summed E-state index contributed by atoms with van der Waals surface area (Å²) in [5.41, 5.74) is 0. The van der Waals surface area contributed by atoms with Gasteiger partial charge in [0, 0.05) is 24.1 Å². The third kappa shape index (κ3) is 4.86. The summed E-state index contributed by atoms with van der Waals surface area (Å²) >= 11 is 3.37. The highest BCUT2D eigenvalue weighted by Crippen LogP contribution is 2.17. The van der Waals surface area contributed by atoms with Crippen LogP contribution >= 0.6 is 15.9 Å². The Balaban J connectivity index is 2.52. The van der Waals surface area contributed by atoms with Crippen molar-refractivity contribution in [3.63, 3.8) is 0 Å². The molecule has 0 fully saturated rings. The third-order valence-corrected chi connectivity index (χ3v) is 3.09. The van der Waals surface area contributed by atoms with E-state index in [2.05, 4.69) is 34.8 Å². The minimum absolute atomic E-state index is 0.122. The zero-order valence-corrected chi connectivity index (χ0v) is 12.2. The Bertz CT molecular complexity index is 379. The van der Waals surface area contributed by atoms with Gasteiger partial charge in [0.2, 0.25) is 5.91 Å². The van der Waals surface area contributed by atoms with E-state index in [1.807, 2.05) is 12.1 Å². The average Bonchev–Trinajstić information content (AvgIpc) is 2.27. The Morgan fingerprint density at radius 2 is 2.24 bits per heavy atom. The number of halogens is 1. The molecule has 0 aliphatic rings. The number of hydrogen-bond acceptors (Lipinski definition) is 2. The monoisotopic (exact) mass is 298 g/mol. The summed E-state index contributed by atoms with van der Waals surface area (Å²) in [7, 11) is 1.77. The predicted octanol–water partition coefficient (Wildman–Crippen LogP) is 3.63. The molecular formula is C13H19BrN2O. The molecule has 0 saturated heterocycles. The lowest BCUT2D eigenvalue weighted by atomic mass is 10.1. The van der Waals surface area contributed by atoms with E-state index >= 15 is 0 Å². The Morgan fingerprint density at radius 3 is 2.82 bits per heavy atom. The summed E-state index contributed by atoms with van der Waals surface area (Å²) in [6, 6.07) is 3.70. The van der Waals surface area contributed by atoms with Crippen LogP contribution in [-0.4, -0.2) is 17.9 Å². The lowest BCUT2D eigenvalue weighted by Gasteiger charge is -2.16. The number of carbonyl (C=O) groups excluding carboxylic acids is 1. The Kier molecular flexibility index (Phi) is 5.62. The molecule has 0 N–H and O–H groups in total. The first kappa shape index (κ1) is 14.2. The van der Waals surface area contributed by atoms with E-state index in [-0.39, 0.29) is 5.91 Å². The van der Waals surface area contributed by atoms with Crippen molar-refractivity contribution < 1.29 is 4.79 Å². The van der Waals surface area contributed by atoms with Crippen LogP contribution in [0.2, 0.25) is 0 Å². The second-order valence-corrected chi connectivity index (χ2v) is 5.49. The van der Waals surface area contributed by atoms with Gasteiger partial charge in [0.1, 0.15) is 5.82 Å². The smallest absolute Gasteiger partial charge is 0.227 e. The Morgan fingerprint density at radius 1 is 1.53 bits per heavy atom. The minimum Gasteiger partial charge on any atom is -0.300 e. The average molecular weight is 299 g/mol. The van der Waals surface area contributed by atoms with Crippen molar-refractivity contribution in [2.24, 2.45) is 5.92 Å². The Labute approximate surface area is 111 Å². The van der Waals surface area contributed by atoms with Gasteiger partial charge in [-0.2, -0.15) is 0 Å². The van der Waals surface area contributed by atoms with Gasteiger partial charge >= 0.3 is 0 Å². The molecule has 0 aromatic carbocycles. The third-order valence-electron chi connectivity index (χ3n) is 2.60. The van der Waals surface area contributed by atoms with Crippen LogP contribution in [-0.2, 0) is 4.79 Å². The summed E-state index contributed by atoms with van der Waals surface area (Å²) < 4.78 is 0.935. The molecule has 1 rings (SSSR count). The Hall–Kier alpha value is -0.900. The van der Waals surface area contributed by atoms with Gasteiger partial charge in [-0.15, -0.1) is 0 Å². The quantitative estimate of drug-likeness (QED) is 0.831. The molecule has 1 amide bonds. The fraction of sp³-hybridized carbons (Fsp3) is 0.538. The van der Waals surface area contributed by atoms with Crippen molar-refractivity contribution >= 4 is 27.7 Å². The summed E-state index contributed by atoms with van der Waals surface area (Å²) in [4.78, 5) is 17.7. The topological polar surface area (TPSA) is 33.2 Å². The SMILES string of the molecule is CC(C)CCCC(=O)N(C)c1cc(Br)ccn1. The van der Waals surface area contributed by atoms with Crippen LogP contribution in [0.4, 0.5) is 5.82 Å². The van der Waals surface area contributed by atoms with Crippen LogP contribution in [0.1, 0.15) is 33.1 Å². The lowest BCUT2D eigenvalue weighted by Crippen LogP contribution is -2.26. The standard InChI is InChI=1S/C13H19BrN2O/c1-10(2)5-4-6-13(17)16(3)12-9-11(14)7-8-15-12/h7-10H,4-6H2,1-3H3. The van der Waals surface area contributed by atoms with Gasteiger partial charge < -0.3 is 0 Å². The van der Waals surface area contributed by atoms with Crippen molar-refractivity contribution in [3.8, 4) is 0 Å². The second-order valence-electron chi connectivity index (χ2n) is 4.57. The number of amides is 1. The van der Waals surface area contributed by atoms with Crippen LogP contribution < -0.4 is 4.90 Å². The van der Waals surface area contributed by atoms with E-state index in [4.69, 9.17) is 0 Å². The molecule has 0 aliphatic heterocycles. The molecule has 1 heterocycles. The molecule has 0 unspecified atom stereocenters. The van der Waals surface area contributed by atoms with Crippen LogP contribution in [0.3, 0.4) is 0 Å². The van der Waals surface area contributed by atoms with Gasteiger partial charge in [-0.1, -0.05) is 36.2 Å². The number of hydrogen-bond donors (Lipinski definition) is 0. The van der Waals surface area contributed by atoms with Gasteiger partial charge in [0.25, 0.3) is 0 Å². The fourth-order valence-corrected chi connectivity index (χ4v) is 1.86. The van der Waals surface area contributed by atoms with Crippen molar-refractivity contribution in [2.45, 2.75) is 33.1 Å². The molecule has 3 nitrogen and oxygen atoms in total. The molecule has 4 heteroatoms. The van der Waals surface area contributed by atoms with E-state index in [0.717, 1.165) is 17.3 Å². The van der Waals surface area contributed by atoms with E-state index in [1.54, 1.807) is 18.1 Å². The van der Waals surface area contributed by atoms with E-state index < -0.39 is 0 Å². The van der Waals surface area contributed by atoms with Crippen LogP contribution in [0.25, 0.3) is 0 Å². The zero-order valence-electron chi connectivity index (χ0n) is 10.6. The summed E-state index contributed by atoms with van der Waals surface area (Å²) in [6.45, 7) is 4.34. The number of rotatable bonds is 5. The molecule has 0 atom stereocenters. The summed E-state index contributed by atoms with van der Waals surface area (Å²) in [5.74, 6) is 1.46. The molecule has 17 heavy (non-hydrogen) atoms. The van der Waals surface area contributed by atoms with E-state index in [9.17, 15) is 4.79 Å². The number of pyridine rings is 1. The summed E-state index contributed by atoms with van der Waals surface area (Å²) in [5, 5.41) is 0. The van der Waals surface area contributed by atoms with Gasteiger partial charge in [0.05, 0.1) is 0 Å². The molecule has 0 spiro atoms. The predicted molar refractivity (Wildman–Crippen MR) is 74.0 cm³/mol. The first-order valence-electron chi connectivity index (χ1n) is 5.89. The molecule has 0 saturated carbocycles. The minimum atomic E-state index is 0.122. The molecule has 0 radical (unpaired) electrons. The number of carbonyl (C=O) groups is 1. The van der Waals surface area contributed by atoms with Gasteiger partial charge in [-0.05, 0) is 24.5 Å². The molecular weight excluding hydrogens is 280 g/mol. The fourth-order valence-electron chi connectivity index (χ4n) is 1.53. The molecule has 0 aliphatic carbocycles. The number of anilines is 1. The molecule has 0 bridgehead atoms.